The standard InChI is InChI=1S/C15H19F3N2O/c1-2-11-4-6-12(7-5-11)14-19-10-13(21)20(14)9-3-8-15(16,17)18/h4-7,14,19H,2-3,8-10H2,1H3. The van der Waals surface area contributed by atoms with Crippen molar-refractivity contribution in [2.75, 3.05) is 13.1 Å². The summed E-state index contributed by atoms with van der Waals surface area (Å²) in [5.41, 5.74) is 2.09. The van der Waals surface area contributed by atoms with Gasteiger partial charge in [-0.15, -0.1) is 0 Å². The van der Waals surface area contributed by atoms with E-state index in [1.54, 1.807) is 0 Å². The number of hydrogen-bond acceptors (Lipinski definition) is 2. The van der Waals surface area contributed by atoms with Crippen LogP contribution in [0.2, 0.25) is 0 Å². The van der Waals surface area contributed by atoms with Gasteiger partial charge in [0.05, 0.1) is 6.54 Å². The maximum absolute atomic E-state index is 12.2. The van der Waals surface area contributed by atoms with Crippen molar-refractivity contribution >= 4 is 5.91 Å². The quantitative estimate of drug-likeness (QED) is 0.906. The highest BCUT2D eigenvalue weighted by atomic mass is 19.4. The van der Waals surface area contributed by atoms with E-state index in [1.807, 2.05) is 24.3 Å². The van der Waals surface area contributed by atoms with Crippen molar-refractivity contribution in [1.82, 2.24) is 10.2 Å². The number of aryl methyl sites for hydroxylation is 1. The number of rotatable bonds is 5. The maximum atomic E-state index is 12.2. The van der Waals surface area contributed by atoms with Gasteiger partial charge in [-0.1, -0.05) is 31.2 Å². The molecule has 0 aromatic heterocycles. The van der Waals surface area contributed by atoms with E-state index in [2.05, 4.69) is 12.2 Å². The summed E-state index contributed by atoms with van der Waals surface area (Å²) in [6.45, 7) is 2.34. The molecule has 1 saturated heterocycles. The van der Waals surface area contributed by atoms with Crippen LogP contribution in [-0.4, -0.2) is 30.1 Å². The van der Waals surface area contributed by atoms with Crippen molar-refractivity contribution in [3.05, 3.63) is 35.4 Å². The number of carbonyl (C=O) groups is 1. The zero-order valence-electron chi connectivity index (χ0n) is 11.9. The van der Waals surface area contributed by atoms with Gasteiger partial charge in [0.2, 0.25) is 5.91 Å². The molecule has 1 aromatic rings. The van der Waals surface area contributed by atoms with Crippen molar-refractivity contribution in [3.8, 4) is 0 Å². The Balaban J connectivity index is 2.01. The minimum absolute atomic E-state index is 0.0690. The molecule has 0 aliphatic carbocycles. The van der Waals surface area contributed by atoms with Crippen LogP contribution in [-0.2, 0) is 11.2 Å². The van der Waals surface area contributed by atoms with Gasteiger partial charge in [0.15, 0.2) is 0 Å². The van der Waals surface area contributed by atoms with Gasteiger partial charge in [0.1, 0.15) is 6.17 Å². The molecular weight excluding hydrogens is 281 g/mol. The molecule has 1 unspecified atom stereocenters. The molecule has 1 aliphatic heterocycles. The van der Waals surface area contributed by atoms with Crippen LogP contribution >= 0.6 is 0 Å². The highest BCUT2D eigenvalue weighted by Crippen LogP contribution is 2.26. The molecule has 1 amide bonds. The number of benzene rings is 1. The molecule has 1 heterocycles. The van der Waals surface area contributed by atoms with Crippen LogP contribution in [0.4, 0.5) is 13.2 Å². The Bertz CT molecular complexity index is 485. The van der Waals surface area contributed by atoms with Crippen LogP contribution in [0.15, 0.2) is 24.3 Å². The minimum atomic E-state index is -4.17. The zero-order chi connectivity index (χ0) is 15.5. The van der Waals surface area contributed by atoms with E-state index in [4.69, 9.17) is 0 Å². The molecule has 3 nitrogen and oxygen atoms in total. The van der Waals surface area contributed by atoms with Gasteiger partial charge < -0.3 is 4.90 Å². The summed E-state index contributed by atoms with van der Waals surface area (Å²) in [7, 11) is 0. The van der Waals surface area contributed by atoms with E-state index in [-0.39, 0.29) is 31.6 Å². The van der Waals surface area contributed by atoms with Gasteiger partial charge in [0, 0.05) is 13.0 Å². The SMILES string of the molecule is CCc1ccc(C2NCC(=O)N2CCCC(F)(F)F)cc1. The van der Waals surface area contributed by atoms with Crippen molar-refractivity contribution < 1.29 is 18.0 Å². The number of amides is 1. The summed E-state index contributed by atoms with van der Waals surface area (Å²) < 4.78 is 36.6. The molecular formula is C15H19F3N2O. The number of nitrogens with zero attached hydrogens (tertiary/aromatic N) is 1. The fraction of sp³-hybridized carbons (Fsp3) is 0.533. The lowest BCUT2D eigenvalue weighted by molar-refractivity contribution is -0.139. The summed E-state index contributed by atoms with van der Waals surface area (Å²) in [6, 6.07) is 7.80. The van der Waals surface area contributed by atoms with Gasteiger partial charge >= 0.3 is 6.18 Å². The smallest absolute Gasteiger partial charge is 0.322 e. The van der Waals surface area contributed by atoms with Crippen LogP contribution in [0.3, 0.4) is 0 Å². The van der Waals surface area contributed by atoms with Crippen LogP contribution < -0.4 is 5.32 Å². The third-order valence-corrected chi connectivity index (χ3v) is 3.64. The molecule has 2 rings (SSSR count). The van der Waals surface area contributed by atoms with Crippen LogP contribution in [0.25, 0.3) is 0 Å². The molecule has 0 saturated carbocycles. The second kappa shape index (κ2) is 6.47. The van der Waals surface area contributed by atoms with Crippen molar-refractivity contribution in [3.63, 3.8) is 0 Å². The molecule has 1 atom stereocenters. The average Bonchev–Trinajstić information content (AvgIpc) is 2.79. The lowest BCUT2D eigenvalue weighted by Crippen LogP contribution is -2.31. The fourth-order valence-corrected chi connectivity index (χ4v) is 2.48. The van der Waals surface area contributed by atoms with E-state index < -0.39 is 12.6 Å². The minimum Gasteiger partial charge on any atom is -0.322 e. The second-order valence-corrected chi connectivity index (χ2v) is 5.18. The summed E-state index contributed by atoms with van der Waals surface area (Å²) >= 11 is 0. The Morgan fingerprint density at radius 2 is 1.95 bits per heavy atom. The monoisotopic (exact) mass is 300 g/mol. The molecule has 1 N–H and O–H groups in total. The van der Waals surface area contributed by atoms with Crippen molar-refractivity contribution in [2.24, 2.45) is 0 Å². The van der Waals surface area contributed by atoms with Crippen LogP contribution in [0, 0.1) is 0 Å². The fourth-order valence-electron chi connectivity index (χ4n) is 2.48. The number of carbonyl (C=O) groups excluding carboxylic acids is 1. The summed E-state index contributed by atoms with van der Waals surface area (Å²) in [4.78, 5) is 13.3. The first-order valence-corrected chi connectivity index (χ1v) is 7.09. The third-order valence-electron chi connectivity index (χ3n) is 3.64. The second-order valence-electron chi connectivity index (χ2n) is 5.18. The third kappa shape index (κ3) is 4.20. The number of halogens is 3. The largest absolute Gasteiger partial charge is 0.389 e. The Hall–Kier alpha value is -1.56. The van der Waals surface area contributed by atoms with Gasteiger partial charge in [-0.3, -0.25) is 10.1 Å². The first kappa shape index (κ1) is 15.8. The summed E-state index contributed by atoms with van der Waals surface area (Å²) in [6.07, 6.45) is -4.50. The molecule has 0 radical (unpaired) electrons. The Labute approximate surface area is 122 Å². The molecule has 116 valence electrons. The van der Waals surface area contributed by atoms with Crippen LogP contribution in [0.5, 0.6) is 0 Å². The molecule has 21 heavy (non-hydrogen) atoms. The lowest BCUT2D eigenvalue weighted by Gasteiger charge is -2.25. The molecule has 0 spiro atoms. The molecule has 6 heteroatoms. The van der Waals surface area contributed by atoms with Crippen molar-refractivity contribution in [1.29, 1.82) is 0 Å². The predicted octanol–water partition coefficient (Wildman–Crippen LogP) is 3.02. The number of alkyl halides is 3. The summed E-state index contributed by atoms with van der Waals surface area (Å²) in [5, 5.41) is 3.05. The van der Waals surface area contributed by atoms with E-state index in [0.717, 1.165) is 12.0 Å². The van der Waals surface area contributed by atoms with E-state index >= 15 is 0 Å². The number of nitrogens with one attached hydrogen (secondary N) is 1. The Kier molecular flexibility index (Phi) is 4.88. The highest BCUT2D eigenvalue weighted by molar-refractivity contribution is 5.80. The Morgan fingerprint density at radius 3 is 2.52 bits per heavy atom. The first-order chi connectivity index (χ1) is 9.90. The van der Waals surface area contributed by atoms with Gasteiger partial charge in [-0.05, 0) is 24.0 Å². The van der Waals surface area contributed by atoms with Crippen molar-refractivity contribution in [2.45, 2.75) is 38.5 Å². The van der Waals surface area contributed by atoms with Gasteiger partial charge in [-0.25, -0.2) is 0 Å². The average molecular weight is 300 g/mol. The lowest BCUT2D eigenvalue weighted by atomic mass is 10.1. The molecule has 1 aliphatic rings. The Morgan fingerprint density at radius 1 is 1.29 bits per heavy atom. The predicted molar refractivity (Wildman–Crippen MR) is 73.6 cm³/mol. The molecule has 0 bridgehead atoms. The first-order valence-electron chi connectivity index (χ1n) is 7.09. The maximum Gasteiger partial charge on any atom is 0.389 e. The topological polar surface area (TPSA) is 32.3 Å². The normalized spacial score (nSPS) is 19.3. The van der Waals surface area contributed by atoms with Gasteiger partial charge in [0.25, 0.3) is 0 Å². The molecule has 1 fully saturated rings. The van der Waals surface area contributed by atoms with Crippen LogP contribution in [0.1, 0.15) is 37.1 Å². The van der Waals surface area contributed by atoms with E-state index in [9.17, 15) is 18.0 Å². The number of hydrogen-bond donors (Lipinski definition) is 1. The van der Waals surface area contributed by atoms with E-state index in [0.29, 0.717) is 0 Å². The summed E-state index contributed by atoms with van der Waals surface area (Å²) in [5.74, 6) is -0.151. The zero-order valence-corrected chi connectivity index (χ0v) is 11.9. The van der Waals surface area contributed by atoms with Gasteiger partial charge in [-0.2, -0.15) is 13.2 Å². The highest BCUT2D eigenvalue weighted by Gasteiger charge is 2.33. The van der Waals surface area contributed by atoms with E-state index in [1.165, 1.54) is 10.5 Å². The molecule has 1 aromatic carbocycles.